The lowest BCUT2D eigenvalue weighted by atomic mass is 10.0. The molecule has 1 aliphatic heterocycles. The van der Waals surface area contributed by atoms with Gasteiger partial charge in [0.25, 0.3) is 0 Å². The summed E-state index contributed by atoms with van der Waals surface area (Å²) in [6.07, 6.45) is 5.41. The lowest BCUT2D eigenvalue weighted by Gasteiger charge is -2.35. The first-order valence-corrected chi connectivity index (χ1v) is 6.21. The Morgan fingerprint density at radius 3 is 3.00 bits per heavy atom. The highest BCUT2D eigenvalue weighted by atomic mass is 35.5. The molecule has 0 spiro atoms. The lowest BCUT2D eigenvalue weighted by molar-refractivity contribution is 0.412. The van der Waals surface area contributed by atoms with Gasteiger partial charge in [-0.05, 0) is 31.4 Å². The normalized spacial score (nSPS) is 20.9. The number of piperidine rings is 1. The van der Waals surface area contributed by atoms with Crippen LogP contribution in [0.1, 0.15) is 19.3 Å². The van der Waals surface area contributed by atoms with E-state index in [1.54, 1.807) is 13.3 Å². The molecular formula is C12H17ClN2O. The van der Waals surface area contributed by atoms with E-state index in [0.29, 0.717) is 11.9 Å². The Hall–Kier alpha value is -0.960. The molecule has 1 atom stereocenters. The van der Waals surface area contributed by atoms with Crippen LogP contribution in [0.4, 0.5) is 5.82 Å². The van der Waals surface area contributed by atoms with Crippen LogP contribution in [-0.4, -0.2) is 30.6 Å². The SMILES string of the molecule is COc1ccc(N2CCCCC2CCl)nc1. The van der Waals surface area contributed by atoms with Gasteiger partial charge in [0, 0.05) is 18.5 Å². The zero-order valence-corrected chi connectivity index (χ0v) is 10.3. The zero-order valence-electron chi connectivity index (χ0n) is 9.53. The number of rotatable bonds is 3. The van der Waals surface area contributed by atoms with Crippen LogP contribution in [0.15, 0.2) is 18.3 Å². The van der Waals surface area contributed by atoms with Crippen molar-refractivity contribution in [3.8, 4) is 5.75 Å². The Labute approximate surface area is 101 Å². The topological polar surface area (TPSA) is 25.4 Å². The molecule has 3 nitrogen and oxygen atoms in total. The summed E-state index contributed by atoms with van der Waals surface area (Å²) in [4.78, 5) is 6.72. The van der Waals surface area contributed by atoms with Gasteiger partial charge in [0.15, 0.2) is 0 Å². The van der Waals surface area contributed by atoms with Gasteiger partial charge in [-0.2, -0.15) is 0 Å². The van der Waals surface area contributed by atoms with Crippen LogP contribution < -0.4 is 9.64 Å². The molecule has 1 aliphatic rings. The molecule has 0 bridgehead atoms. The van der Waals surface area contributed by atoms with Gasteiger partial charge in [-0.25, -0.2) is 4.98 Å². The maximum Gasteiger partial charge on any atom is 0.137 e. The standard InChI is InChI=1S/C12H17ClN2O/c1-16-11-5-6-12(14-9-11)15-7-3-2-4-10(15)8-13/h5-6,9-10H,2-4,7-8H2,1H3. The van der Waals surface area contributed by atoms with Gasteiger partial charge in [0.05, 0.1) is 13.3 Å². The van der Waals surface area contributed by atoms with Crippen molar-refractivity contribution in [3.05, 3.63) is 18.3 Å². The van der Waals surface area contributed by atoms with E-state index in [0.717, 1.165) is 24.5 Å². The van der Waals surface area contributed by atoms with E-state index < -0.39 is 0 Å². The number of halogens is 1. The number of pyridine rings is 1. The largest absolute Gasteiger partial charge is 0.495 e. The van der Waals surface area contributed by atoms with Crippen molar-refractivity contribution in [2.75, 3.05) is 24.4 Å². The third-order valence-corrected chi connectivity index (χ3v) is 3.41. The number of alkyl halides is 1. The fourth-order valence-electron chi connectivity index (χ4n) is 2.13. The molecule has 4 heteroatoms. The summed E-state index contributed by atoms with van der Waals surface area (Å²) in [5.41, 5.74) is 0. The average Bonchev–Trinajstić information content (AvgIpc) is 2.39. The van der Waals surface area contributed by atoms with Crippen molar-refractivity contribution in [3.63, 3.8) is 0 Å². The summed E-state index contributed by atoms with van der Waals surface area (Å²) in [5, 5.41) is 0. The minimum Gasteiger partial charge on any atom is -0.495 e. The second-order valence-corrected chi connectivity index (χ2v) is 4.36. The fourth-order valence-corrected chi connectivity index (χ4v) is 2.45. The monoisotopic (exact) mass is 240 g/mol. The molecule has 2 rings (SSSR count). The van der Waals surface area contributed by atoms with Gasteiger partial charge < -0.3 is 9.64 Å². The Kier molecular flexibility index (Phi) is 3.88. The molecule has 2 heterocycles. The number of hydrogen-bond acceptors (Lipinski definition) is 3. The third-order valence-electron chi connectivity index (χ3n) is 3.06. The van der Waals surface area contributed by atoms with Crippen LogP contribution in [0.2, 0.25) is 0 Å². The van der Waals surface area contributed by atoms with Crippen molar-refractivity contribution < 1.29 is 4.74 Å². The molecule has 0 aromatic carbocycles. The van der Waals surface area contributed by atoms with Gasteiger partial charge in [0.2, 0.25) is 0 Å². The summed E-state index contributed by atoms with van der Waals surface area (Å²) in [6, 6.07) is 4.38. The maximum atomic E-state index is 5.99. The van der Waals surface area contributed by atoms with Gasteiger partial charge in [-0.15, -0.1) is 11.6 Å². The smallest absolute Gasteiger partial charge is 0.137 e. The van der Waals surface area contributed by atoms with Gasteiger partial charge >= 0.3 is 0 Å². The molecular weight excluding hydrogens is 224 g/mol. The van der Waals surface area contributed by atoms with Crippen LogP contribution >= 0.6 is 11.6 Å². The summed E-state index contributed by atoms with van der Waals surface area (Å²) < 4.78 is 5.10. The zero-order chi connectivity index (χ0) is 11.4. The minimum absolute atomic E-state index is 0.427. The van der Waals surface area contributed by atoms with E-state index in [2.05, 4.69) is 9.88 Å². The quantitative estimate of drug-likeness (QED) is 0.760. The molecule has 16 heavy (non-hydrogen) atoms. The van der Waals surface area contributed by atoms with Crippen LogP contribution in [0, 0.1) is 0 Å². The molecule has 0 N–H and O–H groups in total. The number of ether oxygens (including phenoxy) is 1. The Bertz CT molecular complexity index is 328. The van der Waals surface area contributed by atoms with Crippen molar-refractivity contribution in [1.29, 1.82) is 0 Å². The van der Waals surface area contributed by atoms with E-state index >= 15 is 0 Å². The Morgan fingerprint density at radius 1 is 1.50 bits per heavy atom. The second-order valence-electron chi connectivity index (χ2n) is 4.05. The highest BCUT2D eigenvalue weighted by Gasteiger charge is 2.22. The summed E-state index contributed by atoms with van der Waals surface area (Å²) in [7, 11) is 1.65. The molecule has 1 unspecified atom stereocenters. The first-order chi connectivity index (χ1) is 7.85. The molecule has 88 valence electrons. The molecule has 1 aromatic heterocycles. The molecule has 0 amide bonds. The van der Waals surface area contributed by atoms with Crippen LogP contribution in [0.5, 0.6) is 5.75 Å². The van der Waals surface area contributed by atoms with Crippen molar-refractivity contribution in [1.82, 2.24) is 4.98 Å². The van der Waals surface area contributed by atoms with Crippen LogP contribution in [-0.2, 0) is 0 Å². The van der Waals surface area contributed by atoms with Crippen molar-refractivity contribution in [2.45, 2.75) is 25.3 Å². The molecule has 0 aliphatic carbocycles. The first kappa shape index (κ1) is 11.5. The third kappa shape index (κ3) is 2.40. The van der Waals surface area contributed by atoms with E-state index in [1.165, 1.54) is 12.8 Å². The van der Waals surface area contributed by atoms with Crippen LogP contribution in [0.25, 0.3) is 0 Å². The number of hydrogen-bond donors (Lipinski definition) is 0. The molecule has 1 aromatic rings. The molecule has 0 saturated carbocycles. The highest BCUT2D eigenvalue weighted by Crippen LogP contribution is 2.24. The molecule has 0 radical (unpaired) electrons. The van der Waals surface area contributed by atoms with Gasteiger partial charge in [0.1, 0.15) is 11.6 Å². The first-order valence-electron chi connectivity index (χ1n) is 5.68. The van der Waals surface area contributed by atoms with E-state index in [4.69, 9.17) is 16.3 Å². The minimum atomic E-state index is 0.427. The van der Waals surface area contributed by atoms with Crippen LogP contribution in [0.3, 0.4) is 0 Å². The number of methoxy groups -OCH3 is 1. The summed E-state index contributed by atoms with van der Waals surface area (Å²) in [5.74, 6) is 2.47. The molecule has 1 saturated heterocycles. The predicted octanol–water partition coefficient (Wildman–Crippen LogP) is 2.69. The number of anilines is 1. The van der Waals surface area contributed by atoms with Gasteiger partial charge in [-0.3, -0.25) is 0 Å². The maximum absolute atomic E-state index is 5.99. The van der Waals surface area contributed by atoms with E-state index in [1.807, 2.05) is 12.1 Å². The average molecular weight is 241 g/mol. The predicted molar refractivity (Wildman–Crippen MR) is 66.5 cm³/mol. The number of nitrogens with zero attached hydrogens (tertiary/aromatic N) is 2. The summed E-state index contributed by atoms with van der Waals surface area (Å²) >= 11 is 5.99. The number of aromatic nitrogens is 1. The Morgan fingerprint density at radius 2 is 2.38 bits per heavy atom. The van der Waals surface area contributed by atoms with E-state index in [-0.39, 0.29) is 0 Å². The van der Waals surface area contributed by atoms with Gasteiger partial charge in [-0.1, -0.05) is 0 Å². The second kappa shape index (κ2) is 5.39. The lowest BCUT2D eigenvalue weighted by Crippen LogP contribution is -2.41. The molecule has 1 fully saturated rings. The van der Waals surface area contributed by atoms with Crippen molar-refractivity contribution >= 4 is 17.4 Å². The van der Waals surface area contributed by atoms with Crippen molar-refractivity contribution in [2.24, 2.45) is 0 Å². The fraction of sp³-hybridized carbons (Fsp3) is 0.583. The Balaban J connectivity index is 2.14. The highest BCUT2D eigenvalue weighted by molar-refractivity contribution is 6.18. The van der Waals surface area contributed by atoms with E-state index in [9.17, 15) is 0 Å². The summed E-state index contributed by atoms with van der Waals surface area (Å²) in [6.45, 7) is 1.05.